The van der Waals surface area contributed by atoms with Gasteiger partial charge in [-0.1, -0.05) is 59.8 Å². The normalized spacial score (nSPS) is 10.8. The molecule has 1 aromatic heterocycles. The summed E-state index contributed by atoms with van der Waals surface area (Å²) in [4.78, 5) is 12.3. The average Bonchev–Trinajstić information content (AvgIpc) is 3.01. The maximum atomic E-state index is 12.3. The number of halogens is 1. The Bertz CT molecular complexity index is 927. The Morgan fingerprint density at radius 2 is 1.93 bits per heavy atom. The van der Waals surface area contributed by atoms with Gasteiger partial charge in [0, 0.05) is 6.54 Å². The molecule has 0 saturated heterocycles. The van der Waals surface area contributed by atoms with Crippen LogP contribution in [0.5, 0.6) is 0 Å². The van der Waals surface area contributed by atoms with Crippen LogP contribution in [0.25, 0.3) is 0 Å². The lowest BCUT2D eigenvalue weighted by molar-refractivity contribution is -0.113. The van der Waals surface area contributed by atoms with Crippen molar-refractivity contribution in [1.82, 2.24) is 14.8 Å². The molecule has 27 heavy (non-hydrogen) atoms. The molecule has 1 N–H and O–H groups in total. The molecule has 5 nitrogen and oxygen atoms in total. The van der Waals surface area contributed by atoms with Crippen molar-refractivity contribution in [3.63, 3.8) is 0 Å². The fourth-order valence-electron chi connectivity index (χ4n) is 2.65. The van der Waals surface area contributed by atoms with Crippen LogP contribution < -0.4 is 5.32 Å². The van der Waals surface area contributed by atoms with Gasteiger partial charge < -0.3 is 9.88 Å². The van der Waals surface area contributed by atoms with Crippen molar-refractivity contribution >= 4 is 35.0 Å². The highest BCUT2D eigenvalue weighted by Gasteiger charge is 2.13. The molecule has 7 heteroatoms. The summed E-state index contributed by atoms with van der Waals surface area (Å²) in [6.45, 7) is 4.66. The molecule has 0 spiro atoms. The van der Waals surface area contributed by atoms with Gasteiger partial charge in [-0.05, 0) is 43.5 Å². The quantitative estimate of drug-likeness (QED) is 0.592. The number of nitrogens with zero attached hydrogens (tertiary/aromatic N) is 3. The molecule has 140 valence electrons. The highest BCUT2D eigenvalue weighted by Crippen LogP contribution is 2.24. The van der Waals surface area contributed by atoms with Gasteiger partial charge in [0.25, 0.3) is 0 Å². The van der Waals surface area contributed by atoms with Crippen LogP contribution in [0.2, 0.25) is 5.02 Å². The van der Waals surface area contributed by atoms with Crippen LogP contribution in [0.1, 0.15) is 17.0 Å². The summed E-state index contributed by atoms with van der Waals surface area (Å²) < 4.78 is 2.05. The van der Waals surface area contributed by atoms with Gasteiger partial charge in [0.1, 0.15) is 5.82 Å². The van der Waals surface area contributed by atoms with Crippen molar-refractivity contribution in [2.75, 3.05) is 11.1 Å². The maximum Gasteiger partial charge on any atom is 0.234 e. The van der Waals surface area contributed by atoms with Gasteiger partial charge >= 0.3 is 0 Å². The summed E-state index contributed by atoms with van der Waals surface area (Å²) in [6.07, 6.45) is 0.887. The van der Waals surface area contributed by atoms with Crippen LogP contribution in [-0.2, 0) is 17.8 Å². The highest BCUT2D eigenvalue weighted by atomic mass is 35.5. The van der Waals surface area contributed by atoms with Crippen LogP contribution in [0.3, 0.4) is 0 Å². The molecule has 2 aromatic carbocycles. The molecular weight excluding hydrogens is 380 g/mol. The summed E-state index contributed by atoms with van der Waals surface area (Å²) in [5.41, 5.74) is 2.93. The zero-order valence-electron chi connectivity index (χ0n) is 15.3. The van der Waals surface area contributed by atoms with Gasteiger partial charge in [0.2, 0.25) is 5.91 Å². The Labute approximate surface area is 168 Å². The van der Waals surface area contributed by atoms with E-state index in [0.717, 1.165) is 29.5 Å². The minimum atomic E-state index is -0.124. The second kappa shape index (κ2) is 9.06. The fourth-order valence-corrected chi connectivity index (χ4v) is 3.74. The van der Waals surface area contributed by atoms with E-state index in [4.69, 9.17) is 11.6 Å². The molecule has 0 atom stereocenters. The molecule has 3 rings (SSSR count). The summed E-state index contributed by atoms with van der Waals surface area (Å²) in [5, 5.41) is 12.5. The lowest BCUT2D eigenvalue weighted by atomic mass is 10.1. The minimum absolute atomic E-state index is 0.124. The molecule has 0 bridgehead atoms. The molecule has 0 aliphatic rings. The molecule has 1 amide bonds. The molecule has 0 fully saturated rings. The van der Waals surface area contributed by atoms with E-state index in [9.17, 15) is 4.79 Å². The summed E-state index contributed by atoms with van der Waals surface area (Å²) in [7, 11) is 0. The Balaban J connectivity index is 1.58. The third-order valence-corrected chi connectivity index (χ3v) is 5.38. The molecule has 0 radical (unpaired) electrons. The van der Waals surface area contributed by atoms with Crippen molar-refractivity contribution in [2.45, 2.75) is 32.0 Å². The van der Waals surface area contributed by atoms with Crippen LogP contribution in [0, 0.1) is 13.8 Å². The number of hydrogen-bond donors (Lipinski definition) is 1. The van der Waals surface area contributed by atoms with Gasteiger partial charge in [0.15, 0.2) is 5.16 Å². The first-order valence-electron chi connectivity index (χ1n) is 8.65. The smallest absolute Gasteiger partial charge is 0.234 e. The number of carbonyl (C=O) groups excluding carboxylic acids is 1. The zero-order chi connectivity index (χ0) is 19.2. The van der Waals surface area contributed by atoms with Crippen LogP contribution in [-0.4, -0.2) is 26.4 Å². The van der Waals surface area contributed by atoms with Gasteiger partial charge in [0.05, 0.1) is 16.5 Å². The number of anilines is 1. The maximum absolute atomic E-state index is 12.3. The first kappa shape index (κ1) is 19.5. The molecule has 0 aliphatic carbocycles. The van der Waals surface area contributed by atoms with E-state index in [1.165, 1.54) is 17.3 Å². The number of benzene rings is 2. The Kier molecular flexibility index (Phi) is 6.53. The standard InChI is InChI=1S/C20H21ClN4OS/c1-14-8-9-18(17(21)12-14)22-19(26)13-27-20-24-23-15(2)25(20)11-10-16-6-4-3-5-7-16/h3-9,12H,10-11,13H2,1-2H3,(H,22,26). The number of rotatable bonds is 7. The minimum Gasteiger partial charge on any atom is -0.324 e. The highest BCUT2D eigenvalue weighted by molar-refractivity contribution is 7.99. The first-order chi connectivity index (χ1) is 13.0. The molecule has 1 heterocycles. The number of hydrogen-bond acceptors (Lipinski definition) is 4. The largest absolute Gasteiger partial charge is 0.324 e. The number of carbonyl (C=O) groups is 1. The van der Waals surface area contributed by atoms with E-state index >= 15 is 0 Å². The van der Waals surface area contributed by atoms with E-state index in [1.807, 2.05) is 54.8 Å². The van der Waals surface area contributed by atoms with Crippen molar-refractivity contribution in [3.05, 3.63) is 70.5 Å². The molecule has 0 saturated carbocycles. The average molecular weight is 401 g/mol. The number of aryl methyl sites for hydroxylation is 3. The Hall–Kier alpha value is -2.31. The number of aromatic nitrogens is 3. The lowest BCUT2D eigenvalue weighted by Crippen LogP contribution is -2.15. The van der Waals surface area contributed by atoms with E-state index in [1.54, 1.807) is 0 Å². The van der Waals surface area contributed by atoms with E-state index in [2.05, 4.69) is 27.6 Å². The Morgan fingerprint density at radius 1 is 1.15 bits per heavy atom. The topological polar surface area (TPSA) is 59.8 Å². The van der Waals surface area contributed by atoms with Gasteiger partial charge in [-0.15, -0.1) is 10.2 Å². The van der Waals surface area contributed by atoms with Crippen molar-refractivity contribution in [2.24, 2.45) is 0 Å². The van der Waals surface area contributed by atoms with Crippen molar-refractivity contribution in [1.29, 1.82) is 0 Å². The van der Waals surface area contributed by atoms with Gasteiger partial charge in [-0.2, -0.15) is 0 Å². The second-order valence-corrected chi connectivity index (χ2v) is 7.59. The van der Waals surface area contributed by atoms with Crippen molar-refractivity contribution < 1.29 is 4.79 Å². The molecular formula is C20H21ClN4OS. The van der Waals surface area contributed by atoms with E-state index < -0.39 is 0 Å². The molecule has 0 aliphatic heterocycles. The molecule has 3 aromatic rings. The van der Waals surface area contributed by atoms with E-state index in [-0.39, 0.29) is 11.7 Å². The van der Waals surface area contributed by atoms with E-state index in [0.29, 0.717) is 10.7 Å². The van der Waals surface area contributed by atoms with Gasteiger partial charge in [-0.25, -0.2) is 0 Å². The number of nitrogens with one attached hydrogen (secondary N) is 1. The number of thioether (sulfide) groups is 1. The third-order valence-electron chi connectivity index (χ3n) is 4.10. The monoisotopic (exact) mass is 400 g/mol. The van der Waals surface area contributed by atoms with Crippen molar-refractivity contribution in [3.8, 4) is 0 Å². The lowest BCUT2D eigenvalue weighted by Gasteiger charge is -2.10. The SMILES string of the molecule is Cc1ccc(NC(=O)CSc2nnc(C)n2CCc2ccccc2)c(Cl)c1. The summed E-state index contributed by atoms with van der Waals surface area (Å²) in [5.74, 6) is 0.963. The van der Waals surface area contributed by atoms with Crippen LogP contribution in [0.15, 0.2) is 53.7 Å². The number of amides is 1. The first-order valence-corrected chi connectivity index (χ1v) is 10.0. The van der Waals surface area contributed by atoms with Crippen LogP contribution >= 0.6 is 23.4 Å². The van der Waals surface area contributed by atoms with Gasteiger partial charge in [-0.3, -0.25) is 4.79 Å². The Morgan fingerprint density at radius 3 is 2.67 bits per heavy atom. The zero-order valence-corrected chi connectivity index (χ0v) is 16.8. The third kappa shape index (κ3) is 5.34. The summed E-state index contributed by atoms with van der Waals surface area (Å²) >= 11 is 7.54. The molecule has 0 unspecified atom stereocenters. The summed E-state index contributed by atoms with van der Waals surface area (Å²) in [6, 6.07) is 15.8. The second-order valence-electron chi connectivity index (χ2n) is 6.24. The predicted octanol–water partition coefficient (Wildman–Crippen LogP) is 4.52. The fraction of sp³-hybridized carbons (Fsp3) is 0.250. The van der Waals surface area contributed by atoms with Crippen LogP contribution in [0.4, 0.5) is 5.69 Å². The predicted molar refractivity (Wildman–Crippen MR) is 110 cm³/mol.